The number of nitrogens with zero attached hydrogens (tertiary/aromatic N) is 1. The summed E-state index contributed by atoms with van der Waals surface area (Å²) in [7, 11) is 0. The molecule has 0 saturated carbocycles. The van der Waals surface area contributed by atoms with Crippen LogP contribution in [0.2, 0.25) is 0 Å². The highest BCUT2D eigenvalue weighted by Gasteiger charge is 2.42. The summed E-state index contributed by atoms with van der Waals surface area (Å²) < 4.78 is 7.03. The van der Waals surface area contributed by atoms with Crippen LogP contribution in [-0.2, 0) is 19.9 Å². The van der Waals surface area contributed by atoms with Gasteiger partial charge in [-0.3, -0.25) is 14.5 Å². The van der Waals surface area contributed by atoms with Crippen molar-refractivity contribution in [1.82, 2.24) is 4.90 Å². The molecule has 6 rings (SSSR count). The van der Waals surface area contributed by atoms with Crippen LogP contribution in [0.5, 0.6) is 0 Å². The molecule has 0 aromatic heterocycles. The van der Waals surface area contributed by atoms with Gasteiger partial charge in [-0.2, -0.15) is 0 Å². The van der Waals surface area contributed by atoms with Crippen molar-refractivity contribution in [3.63, 3.8) is 0 Å². The zero-order valence-corrected chi connectivity index (χ0v) is 25.3. The van der Waals surface area contributed by atoms with Gasteiger partial charge in [0.25, 0.3) is 0 Å². The fraction of sp³-hybridized carbons (Fsp3) is 0.179. The van der Waals surface area contributed by atoms with Crippen molar-refractivity contribution in [2.24, 2.45) is 0 Å². The Morgan fingerprint density at radius 1 is 0.705 bits per heavy atom. The van der Waals surface area contributed by atoms with E-state index in [9.17, 15) is 9.59 Å². The van der Waals surface area contributed by atoms with Crippen molar-refractivity contribution in [3.05, 3.63) is 174 Å². The Hall–Kier alpha value is -4.45. The molecule has 2 amide bonds. The first-order chi connectivity index (χ1) is 21.6. The van der Waals surface area contributed by atoms with Gasteiger partial charge in [0.2, 0.25) is 11.8 Å². The van der Waals surface area contributed by atoms with Gasteiger partial charge in [-0.1, -0.05) is 140 Å². The first-order valence-electron chi connectivity index (χ1n) is 15.1. The zero-order valence-electron chi connectivity index (χ0n) is 24.5. The van der Waals surface area contributed by atoms with Crippen LogP contribution >= 0.6 is 11.8 Å². The molecular formula is C39H35NO3S. The van der Waals surface area contributed by atoms with Crippen molar-refractivity contribution in [2.45, 2.75) is 41.1 Å². The van der Waals surface area contributed by atoms with E-state index in [0.29, 0.717) is 12.8 Å². The number of hydrogen-bond donors (Lipinski definition) is 0. The van der Waals surface area contributed by atoms with E-state index in [2.05, 4.69) is 48.5 Å². The molecular weight excluding hydrogens is 563 g/mol. The molecule has 0 radical (unpaired) electrons. The predicted octanol–water partition coefficient (Wildman–Crippen LogP) is 8.44. The molecule has 0 unspecified atom stereocenters. The quantitative estimate of drug-likeness (QED) is 0.113. The molecule has 5 aromatic carbocycles. The second kappa shape index (κ2) is 13.9. The van der Waals surface area contributed by atoms with E-state index in [1.165, 1.54) is 4.90 Å². The maximum absolute atomic E-state index is 14.0. The topological polar surface area (TPSA) is 46.6 Å². The normalized spacial score (nSPS) is 15.7. The van der Waals surface area contributed by atoms with Crippen LogP contribution in [0.1, 0.15) is 46.8 Å². The highest BCUT2D eigenvalue weighted by Crippen LogP contribution is 2.42. The molecule has 0 bridgehead atoms. The van der Waals surface area contributed by atoms with E-state index in [-0.39, 0.29) is 36.1 Å². The molecule has 0 N–H and O–H groups in total. The lowest BCUT2D eigenvalue weighted by molar-refractivity contribution is -0.146. The summed E-state index contributed by atoms with van der Waals surface area (Å²) in [4.78, 5) is 29.9. The Morgan fingerprint density at radius 3 is 1.66 bits per heavy atom. The molecule has 1 aliphatic heterocycles. The second-order valence-electron chi connectivity index (χ2n) is 11.0. The van der Waals surface area contributed by atoms with Gasteiger partial charge in [0, 0.05) is 23.0 Å². The Morgan fingerprint density at radius 2 is 1.16 bits per heavy atom. The number of amides is 2. The SMILES string of the molecule is O=C1CC[C@@H](COC(c2ccccc2)(c2ccccc2)c2ccccc2)N1C(=O)C[C@@H](Sc1ccccc1)c1ccccc1. The minimum absolute atomic E-state index is 0.127. The number of ether oxygens (including phenoxy) is 1. The van der Waals surface area contributed by atoms with Crippen molar-refractivity contribution in [1.29, 1.82) is 0 Å². The van der Waals surface area contributed by atoms with Crippen LogP contribution in [0.25, 0.3) is 0 Å². The Bertz CT molecular complexity index is 1550. The molecule has 1 fully saturated rings. The summed E-state index contributed by atoms with van der Waals surface area (Å²) in [5.41, 5.74) is 3.11. The van der Waals surface area contributed by atoms with Crippen LogP contribution in [0.3, 0.4) is 0 Å². The van der Waals surface area contributed by atoms with Gasteiger partial charge in [0.1, 0.15) is 5.60 Å². The summed E-state index contributed by atoms with van der Waals surface area (Å²) in [6.07, 6.45) is 1.12. The van der Waals surface area contributed by atoms with E-state index in [4.69, 9.17) is 4.74 Å². The minimum atomic E-state index is -0.917. The molecule has 5 heteroatoms. The van der Waals surface area contributed by atoms with E-state index in [1.807, 2.05) is 103 Å². The van der Waals surface area contributed by atoms with Crippen molar-refractivity contribution in [2.75, 3.05) is 6.61 Å². The smallest absolute Gasteiger partial charge is 0.230 e. The average Bonchev–Trinajstić information content (AvgIpc) is 3.47. The molecule has 4 nitrogen and oxygen atoms in total. The third-order valence-electron chi connectivity index (χ3n) is 8.18. The van der Waals surface area contributed by atoms with Crippen LogP contribution in [0.4, 0.5) is 0 Å². The van der Waals surface area contributed by atoms with Crippen LogP contribution in [-0.4, -0.2) is 29.4 Å². The van der Waals surface area contributed by atoms with E-state index in [0.717, 1.165) is 27.1 Å². The predicted molar refractivity (Wildman–Crippen MR) is 176 cm³/mol. The third-order valence-corrected chi connectivity index (χ3v) is 9.45. The average molecular weight is 598 g/mol. The van der Waals surface area contributed by atoms with Gasteiger partial charge in [0.05, 0.1) is 12.6 Å². The van der Waals surface area contributed by atoms with Crippen LogP contribution in [0, 0.1) is 0 Å². The van der Waals surface area contributed by atoms with Crippen molar-refractivity contribution in [3.8, 4) is 0 Å². The maximum Gasteiger partial charge on any atom is 0.230 e. The number of carbonyl (C=O) groups excluding carboxylic acids is 2. The highest BCUT2D eigenvalue weighted by atomic mass is 32.2. The van der Waals surface area contributed by atoms with Crippen molar-refractivity contribution < 1.29 is 14.3 Å². The molecule has 1 saturated heterocycles. The summed E-state index contributed by atoms with van der Waals surface area (Å²) in [5.74, 6) is -0.298. The number of thioether (sulfide) groups is 1. The lowest BCUT2D eigenvalue weighted by Gasteiger charge is -2.37. The number of likely N-dealkylation sites (tertiary alicyclic amines) is 1. The molecule has 2 atom stereocenters. The summed E-state index contributed by atoms with van der Waals surface area (Å²) >= 11 is 1.65. The maximum atomic E-state index is 14.0. The summed E-state index contributed by atoms with van der Waals surface area (Å²) in [6.45, 7) is 0.220. The molecule has 0 spiro atoms. The highest BCUT2D eigenvalue weighted by molar-refractivity contribution is 7.99. The van der Waals surface area contributed by atoms with E-state index in [1.54, 1.807) is 11.8 Å². The monoisotopic (exact) mass is 597 g/mol. The van der Waals surface area contributed by atoms with Gasteiger partial charge in [-0.15, -0.1) is 11.8 Å². The van der Waals surface area contributed by atoms with Crippen LogP contribution < -0.4 is 0 Å². The number of benzene rings is 5. The van der Waals surface area contributed by atoms with Crippen molar-refractivity contribution >= 4 is 23.6 Å². The number of hydrogen-bond acceptors (Lipinski definition) is 4. The molecule has 0 aliphatic carbocycles. The number of rotatable bonds is 11. The lowest BCUT2D eigenvalue weighted by Crippen LogP contribution is -2.44. The van der Waals surface area contributed by atoms with Gasteiger partial charge < -0.3 is 4.74 Å². The van der Waals surface area contributed by atoms with Crippen LogP contribution in [0.15, 0.2) is 157 Å². The van der Waals surface area contributed by atoms with Gasteiger partial charge in [-0.25, -0.2) is 0 Å². The first-order valence-corrected chi connectivity index (χ1v) is 15.9. The zero-order chi connectivity index (χ0) is 30.2. The second-order valence-corrected chi connectivity index (χ2v) is 12.3. The van der Waals surface area contributed by atoms with E-state index >= 15 is 0 Å². The summed E-state index contributed by atoms with van der Waals surface area (Å²) in [6, 6.07) is 50.4. The third kappa shape index (κ3) is 6.40. The fourth-order valence-corrected chi connectivity index (χ4v) is 7.21. The molecule has 220 valence electrons. The Balaban J connectivity index is 1.30. The first kappa shape index (κ1) is 29.6. The van der Waals surface area contributed by atoms with Gasteiger partial charge in [-0.05, 0) is 40.8 Å². The fourth-order valence-electron chi connectivity index (χ4n) is 6.05. The Labute approximate surface area is 263 Å². The Kier molecular flexibility index (Phi) is 9.35. The lowest BCUT2D eigenvalue weighted by atomic mass is 9.80. The number of imide groups is 1. The molecule has 1 aliphatic rings. The molecule has 1 heterocycles. The standard InChI is InChI=1S/C39H35NO3S/c41-37-27-26-34(40(37)38(42)28-36(30-16-6-1-7-17-30)44-35-24-14-5-15-25-35)29-43-39(31-18-8-2-9-19-31,32-20-10-3-11-21-32)33-22-12-4-13-23-33/h1-25,34,36H,26-29H2/t34-,36+/m0/s1. The van der Waals surface area contributed by atoms with E-state index < -0.39 is 5.60 Å². The minimum Gasteiger partial charge on any atom is -0.359 e. The largest absolute Gasteiger partial charge is 0.359 e. The molecule has 44 heavy (non-hydrogen) atoms. The van der Waals surface area contributed by atoms with Gasteiger partial charge in [0.15, 0.2) is 0 Å². The molecule has 5 aromatic rings. The number of carbonyl (C=O) groups is 2. The van der Waals surface area contributed by atoms with Gasteiger partial charge >= 0.3 is 0 Å². The summed E-state index contributed by atoms with van der Waals surface area (Å²) in [5, 5.41) is -0.127.